The fourth-order valence-electron chi connectivity index (χ4n) is 2.54. The largest absolute Gasteiger partial charge is 0.322 e. The lowest BCUT2D eigenvalue weighted by Gasteiger charge is -2.24. The molecule has 0 spiro atoms. The maximum absolute atomic E-state index is 12.3. The standard InChI is InChI=1S/C15H16N2OS/c18-15(16-13-5-2-1-3-6-13)17-9-4-7-14(17)12-8-10-19-11-12/h1-3,5-6,8,10-11,14H,4,7,9H2,(H,16,18). The number of nitrogens with one attached hydrogen (secondary N) is 1. The summed E-state index contributed by atoms with van der Waals surface area (Å²) in [6.45, 7) is 0.833. The van der Waals surface area contributed by atoms with Crippen molar-refractivity contribution >= 4 is 23.1 Å². The van der Waals surface area contributed by atoms with E-state index in [9.17, 15) is 4.79 Å². The lowest BCUT2D eigenvalue weighted by Crippen LogP contribution is -2.34. The SMILES string of the molecule is O=C(Nc1ccccc1)N1CCCC1c1ccsc1. The fourth-order valence-corrected chi connectivity index (χ4v) is 3.24. The van der Waals surface area contributed by atoms with Gasteiger partial charge in [0.25, 0.3) is 0 Å². The molecule has 1 aliphatic rings. The summed E-state index contributed by atoms with van der Waals surface area (Å²) in [6.07, 6.45) is 2.13. The number of anilines is 1. The van der Waals surface area contributed by atoms with E-state index in [0.717, 1.165) is 25.1 Å². The number of urea groups is 1. The van der Waals surface area contributed by atoms with Crippen molar-refractivity contribution < 1.29 is 4.79 Å². The Morgan fingerprint density at radius 3 is 2.84 bits per heavy atom. The molecule has 3 nitrogen and oxygen atoms in total. The minimum absolute atomic E-state index is 0.0000926. The summed E-state index contributed by atoms with van der Waals surface area (Å²) < 4.78 is 0. The molecular weight excluding hydrogens is 256 g/mol. The van der Waals surface area contributed by atoms with Crippen LogP contribution in [-0.2, 0) is 0 Å². The second-order valence-electron chi connectivity index (χ2n) is 4.70. The van der Waals surface area contributed by atoms with Crippen molar-refractivity contribution in [1.29, 1.82) is 0 Å². The molecule has 0 saturated carbocycles. The fraction of sp³-hybridized carbons (Fsp3) is 0.267. The van der Waals surface area contributed by atoms with Gasteiger partial charge in [0.1, 0.15) is 0 Å². The number of para-hydroxylation sites is 1. The van der Waals surface area contributed by atoms with Gasteiger partial charge in [-0.3, -0.25) is 0 Å². The van der Waals surface area contributed by atoms with E-state index in [4.69, 9.17) is 0 Å². The molecule has 0 aliphatic carbocycles. The van der Waals surface area contributed by atoms with Crippen molar-refractivity contribution in [3.63, 3.8) is 0 Å². The highest BCUT2D eigenvalue weighted by molar-refractivity contribution is 7.07. The van der Waals surface area contributed by atoms with Crippen molar-refractivity contribution in [2.75, 3.05) is 11.9 Å². The van der Waals surface area contributed by atoms with Crippen molar-refractivity contribution in [3.05, 3.63) is 52.7 Å². The molecule has 1 aromatic carbocycles. The van der Waals surface area contributed by atoms with Crippen LogP contribution in [0.25, 0.3) is 0 Å². The van der Waals surface area contributed by atoms with Gasteiger partial charge < -0.3 is 10.2 Å². The molecule has 1 unspecified atom stereocenters. The van der Waals surface area contributed by atoms with Gasteiger partial charge in [-0.25, -0.2) is 4.79 Å². The quantitative estimate of drug-likeness (QED) is 0.876. The summed E-state index contributed by atoms with van der Waals surface area (Å²) in [5.41, 5.74) is 2.11. The predicted molar refractivity (Wildman–Crippen MR) is 78.5 cm³/mol. The lowest BCUT2D eigenvalue weighted by molar-refractivity contribution is 0.207. The third-order valence-electron chi connectivity index (χ3n) is 3.47. The van der Waals surface area contributed by atoms with E-state index in [-0.39, 0.29) is 12.1 Å². The highest BCUT2D eigenvalue weighted by Gasteiger charge is 2.30. The Morgan fingerprint density at radius 1 is 1.26 bits per heavy atom. The zero-order valence-corrected chi connectivity index (χ0v) is 11.4. The maximum atomic E-state index is 12.3. The van der Waals surface area contributed by atoms with Crippen LogP contribution in [0.3, 0.4) is 0 Å². The minimum atomic E-state index is -0.0000926. The van der Waals surface area contributed by atoms with Crippen LogP contribution in [0.2, 0.25) is 0 Å². The number of hydrogen-bond donors (Lipinski definition) is 1. The van der Waals surface area contributed by atoms with E-state index in [2.05, 4.69) is 22.1 Å². The molecule has 1 aromatic heterocycles. The molecule has 3 rings (SSSR count). The van der Waals surface area contributed by atoms with E-state index >= 15 is 0 Å². The second kappa shape index (κ2) is 5.45. The third-order valence-corrected chi connectivity index (χ3v) is 4.17. The topological polar surface area (TPSA) is 32.3 Å². The Morgan fingerprint density at radius 2 is 2.11 bits per heavy atom. The van der Waals surface area contributed by atoms with Crippen LogP contribution in [0.1, 0.15) is 24.4 Å². The Bertz CT molecular complexity index is 539. The zero-order valence-electron chi connectivity index (χ0n) is 10.6. The monoisotopic (exact) mass is 272 g/mol. The van der Waals surface area contributed by atoms with Gasteiger partial charge in [0, 0.05) is 12.2 Å². The van der Waals surface area contributed by atoms with Crippen molar-refractivity contribution in [2.45, 2.75) is 18.9 Å². The van der Waals surface area contributed by atoms with Crippen molar-refractivity contribution in [1.82, 2.24) is 4.90 Å². The van der Waals surface area contributed by atoms with Gasteiger partial charge in [0.05, 0.1) is 6.04 Å². The van der Waals surface area contributed by atoms with Crippen molar-refractivity contribution in [2.24, 2.45) is 0 Å². The zero-order chi connectivity index (χ0) is 13.1. The second-order valence-corrected chi connectivity index (χ2v) is 5.48. The van der Waals surface area contributed by atoms with Gasteiger partial charge in [-0.1, -0.05) is 18.2 Å². The van der Waals surface area contributed by atoms with Gasteiger partial charge in [0.2, 0.25) is 0 Å². The maximum Gasteiger partial charge on any atom is 0.322 e. The van der Waals surface area contributed by atoms with Crippen LogP contribution in [0, 0.1) is 0 Å². The van der Waals surface area contributed by atoms with E-state index < -0.39 is 0 Å². The Labute approximate surface area is 116 Å². The Balaban J connectivity index is 1.72. The smallest absolute Gasteiger partial charge is 0.317 e. The lowest BCUT2D eigenvalue weighted by atomic mass is 10.1. The van der Waals surface area contributed by atoms with Crippen LogP contribution >= 0.6 is 11.3 Å². The van der Waals surface area contributed by atoms with Gasteiger partial charge in [-0.05, 0) is 47.4 Å². The number of benzene rings is 1. The first-order chi connectivity index (χ1) is 9.34. The molecule has 1 aliphatic heterocycles. The van der Waals surface area contributed by atoms with Crippen LogP contribution in [-0.4, -0.2) is 17.5 Å². The summed E-state index contributed by atoms with van der Waals surface area (Å²) in [7, 11) is 0. The first-order valence-corrected chi connectivity index (χ1v) is 7.43. The van der Waals surface area contributed by atoms with E-state index in [0.29, 0.717) is 0 Å². The molecule has 2 amide bonds. The number of amides is 2. The molecule has 1 fully saturated rings. The van der Waals surface area contributed by atoms with E-state index in [1.807, 2.05) is 35.2 Å². The molecule has 1 saturated heterocycles. The highest BCUT2D eigenvalue weighted by Crippen LogP contribution is 2.33. The predicted octanol–water partition coefficient (Wildman–Crippen LogP) is 4.12. The van der Waals surface area contributed by atoms with Crippen LogP contribution in [0.4, 0.5) is 10.5 Å². The van der Waals surface area contributed by atoms with E-state index in [1.165, 1.54) is 5.56 Å². The number of thiophene rings is 1. The Hall–Kier alpha value is -1.81. The molecular formula is C15H16N2OS. The van der Waals surface area contributed by atoms with Crippen LogP contribution < -0.4 is 5.32 Å². The third kappa shape index (κ3) is 2.63. The summed E-state index contributed by atoms with van der Waals surface area (Å²) in [6, 6.07) is 12.0. The molecule has 1 N–H and O–H groups in total. The first-order valence-electron chi connectivity index (χ1n) is 6.49. The van der Waals surface area contributed by atoms with Crippen LogP contribution in [0.15, 0.2) is 47.2 Å². The molecule has 19 heavy (non-hydrogen) atoms. The summed E-state index contributed by atoms with van der Waals surface area (Å²) in [5.74, 6) is 0. The van der Waals surface area contributed by atoms with Gasteiger partial charge in [-0.15, -0.1) is 0 Å². The number of carbonyl (C=O) groups is 1. The van der Waals surface area contributed by atoms with E-state index in [1.54, 1.807) is 11.3 Å². The number of rotatable bonds is 2. The molecule has 0 bridgehead atoms. The van der Waals surface area contributed by atoms with Crippen molar-refractivity contribution in [3.8, 4) is 0 Å². The molecule has 2 aromatic rings. The number of carbonyl (C=O) groups excluding carboxylic acids is 1. The average Bonchev–Trinajstić information content (AvgIpc) is 3.10. The normalized spacial score (nSPS) is 18.5. The summed E-state index contributed by atoms with van der Waals surface area (Å²) in [5, 5.41) is 7.17. The molecule has 4 heteroatoms. The first kappa shape index (κ1) is 12.2. The highest BCUT2D eigenvalue weighted by atomic mass is 32.1. The summed E-state index contributed by atoms with van der Waals surface area (Å²) in [4.78, 5) is 14.3. The minimum Gasteiger partial charge on any atom is -0.317 e. The average molecular weight is 272 g/mol. The number of likely N-dealkylation sites (tertiary alicyclic amines) is 1. The molecule has 0 radical (unpaired) electrons. The van der Waals surface area contributed by atoms with Gasteiger partial charge >= 0.3 is 6.03 Å². The number of nitrogens with zero attached hydrogens (tertiary/aromatic N) is 1. The van der Waals surface area contributed by atoms with Gasteiger partial charge in [0.15, 0.2) is 0 Å². The summed E-state index contributed by atoms with van der Waals surface area (Å²) >= 11 is 1.69. The Kier molecular flexibility index (Phi) is 3.51. The van der Waals surface area contributed by atoms with Crippen LogP contribution in [0.5, 0.6) is 0 Å². The molecule has 98 valence electrons. The number of hydrogen-bond acceptors (Lipinski definition) is 2. The molecule has 1 atom stereocenters. The van der Waals surface area contributed by atoms with Gasteiger partial charge in [-0.2, -0.15) is 11.3 Å². The molecule has 2 heterocycles.